The van der Waals surface area contributed by atoms with Gasteiger partial charge in [0.2, 0.25) is 18.5 Å². The Morgan fingerprint density at radius 2 is 0.720 bits per heavy atom. The van der Waals surface area contributed by atoms with Crippen molar-refractivity contribution in [2.75, 3.05) is 0 Å². The van der Waals surface area contributed by atoms with Crippen LogP contribution in [0.3, 0.4) is 0 Å². The van der Waals surface area contributed by atoms with Crippen LogP contribution in [0.15, 0.2) is 146 Å². The number of aromatic nitrogens is 2. The number of carboxylic acids is 1. The van der Waals surface area contributed by atoms with Crippen LogP contribution in [0, 0.1) is 0 Å². The number of carboxylic acid groups (broad SMARTS) is 1. The first-order valence-electron chi connectivity index (χ1n) is 22.2. The zero-order chi connectivity index (χ0) is 61.6. The zero-order valence-electron chi connectivity index (χ0n) is 39.8. The van der Waals surface area contributed by atoms with E-state index in [0.29, 0.717) is 11.3 Å². The molecule has 7 rings (SSSR count). The normalized spacial score (nSPS) is 13.1. The van der Waals surface area contributed by atoms with E-state index in [4.69, 9.17) is 9.84 Å². The number of carbonyl (C=O) groups is 2. The summed E-state index contributed by atoms with van der Waals surface area (Å²) < 4.78 is 348. The van der Waals surface area contributed by atoms with E-state index in [0.717, 1.165) is 0 Å². The summed E-state index contributed by atoms with van der Waals surface area (Å²) in [6, 6.07) is 6.32. The molecule has 1 N–H and O–H groups in total. The van der Waals surface area contributed by atoms with Gasteiger partial charge in [0.1, 0.15) is 11.9 Å². The van der Waals surface area contributed by atoms with Crippen molar-refractivity contribution < 1.29 is 129 Å². The van der Waals surface area contributed by atoms with Gasteiger partial charge in [-0.25, -0.2) is 9.78 Å². The van der Waals surface area contributed by atoms with Gasteiger partial charge in [0, 0.05) is 5.56 Å². The molecule has 0 atom stereocenters. The predicted octanol–water partition coefficient (Wildman–Crippen LogP) is 14.0. The largest absolute Gasteiger partial charge is 0.478 e. The molecule has 0 aliphatic carbocycles. The summed E-state index contributed by atoms with van der Waals surface area (Å²) in [6.07, 6.45) is -50.0. The smallest absolute Gasteiger partial charge is 0.416 e. The molecule has 0 aliphatic heterocycles. The van der Waals surface area contributed by atoms with Gasteiger partial charge in [0.15, 0.2) is 6.20 Å². The Hall–Kier alpha value is -8.28. The fourth-order valence-electron chi connectivity index (χ4n) is 8.33. The number of benzene rings is 6. The highest BCUT2D eigenvalue weighted by molar-refractivity contribution is 7.20. The molecule has 0 radical (unpaired) electrons. The molecule has 0 spiro atoms. The molecule has 31 heteroatoms. The van der Waals surface area contributed by atoms with Crippen molar-refractivity contribution in [1.82, 2.24) is 4.98 Å². The number of alkyl halides is 24. The van der Waals surface area contributed by atoms with Crippen LogP contribution in [0.5, 0.6) is 11.6 Å². The van der Waals surface area contributed by atoms with E-state index in [-0.39, 0.29) is 23.8 Å². The number of rotatable bonds is 10. The SMILES string of the molecule is FC(F)(F)c1cc([B-](c2cc(C(F)(F)F)cc(C(F)(F)F)c2)(c2cc(C(F)(F)F)cc(C(F)(F)F)c2)c2cc(C(F)(F)F)cc(C(F)(F)F)c2)cc(C(F)(F)F)c1.O=C(O)c1cccc(Oc2c[n+](CC(=O)c3ccccc3)ccn2)c1. The number of nitrogens with zero attached hydrogens (tertiary/aromatic N) is 2. The van der Waals surface area contributed by atoms with Crippen LogP contribution < -0.4 is 31.2 Å². The lowest BCUT2D eigenvalue weighted by Gasteiger charge is -2.46. The second-order valence-corrected chi connectivity index (χ2v) is 17.5. The Morgan fingerprint density at radius 3 is 1.01 bits per heavy atom. The lowest BCUT2D eigenvalue weighted by molar-refractivity contribution is -0.683. The van der Waals surface area contributed by atoms with Crippen LogP contribution >= 0.6 is 0 Å². The van der Waals surface area contributed by atoms with Gasteiger partial charge >= 0.3 is 55.4 Å². The molecule has 6 nitrogen and oxygen atoms in total. The maximum atomic E-state index is 14.2. The summed E-state index contributed by atoms with van der Waals surface area (Å²) in [4.78, 5) is 27.3. The number of halogens is 24. The summed E-state index contributed by atoms with van der Waals surface area (Å²) in [7, 11) is 0. The Labute approximate surface area is 442 Å². The molecule has 1 heterocycles. The molecule has 0 aliphatic rings. The van der Waals surface area contributed by atoms with Crippen LogP contribution in [-0.2, 0) is 56.0 Å². The summed E-state index contributed by atoms with van der Waals surface area (Å²) >= 11 is 0. The molecule has 1 aromatic heterocycles. The average molecular weight is 1200 g/mol. The lowest BCUT2D eigenvalue weighted by atomic mass is 9.12. The monoisotopic (exact) mass is 1200 g/mol. The van der Waals surface area contributed by atoms with Gasteiger partial charge in [-0.3, -0.25) is 4.79 Å². The first kappa shape index (κ1) is 62.9. The third kappa shape index (κ3) is 14.8. The number of ketones is 1. The summed E-state index contributed by atoms with van der Waals surface area (Å²) in [6.45, 7) is 0.151. The molecule has 0 fully saturated rings. The van der Waals surface area contributed by atoms with Crippen LogP contribution in [0.1, 0.15) is 65.2 Å². The first-order chi connectivity index (χ1) is 37.4. The van der Waals surface area contributed by atoms with Gasteiger partial charge < -0.3 is 9.84 Å². The molecule has 0 amide bonds. The maximum absolute atomic E-state index is 14.2. The third-order valence-electron chi connectivity index (χ3n) is 11.9. The Balaban J connectivity index is 0.000000357. The number of carbonyl (C=O) groups excluding carboxylic acids is 1. The van der Waals surface area contributed by atoms with Crippen LogP contribution in [0.2, 0.25) is 0 Å². The number of ether oxygens (including phenoxy) is 1. The van der Waals surface area contributed by atoms with E-state index in [9.17, 15) is 115 Å². The van der Waals surface area contributed by atoms with E-state index >= 15 is 0 Å². The maximum Gasteiger partial charge on any atom is 0.416 e. The van der Waals surface area contributed by atoms with E-state index < -0.39 is 201 Å². The quantitative estimate of drug-likeness (QED) is 0.0639. The minimum Gasteiger partial charge on any atom is -0.478 e. The Kier molecular flexibility index (Phi) is 17.1. The molecular formula is C51H27BF24N2O4. The predicted molar refractivity (Wildman–Crippen MR) is 239 cm³/mol. The first-order valence-corrected chi connectivity index (χ1v) is 22.2. The molecule has 0 bridgehead atoms. The number of aromatic carboxylic acids is 1. The van der Waals surface area contributed by atoms with Gasteiger partial charge in [0.25, 0.3) is 5.88 Å². The second-order valence-electron chi connectivity index (χ2n) is 17.5. The fraction of sp³-hybridized carbons (Fsp3) is 0.176. The Morgan fingerprint density at radius 1 is 0.415 bits per heavy atom. The number of hydrogen-bond donors (Lipinski definition) is 1. The van der Waals surface area contributed by atoms with E-state index in [1.807, 2.05) is 18.2 Å². The Bertz CT molecular complexity index is 3050. The van der Waals surface area contributed by atoms with Crippen molar-refractivity contribution in [1.29, 1.82) is 0 Å². The van der Waals surface area contributed by atoms with E-state index in [2.05, 4.69) is 4.98 Å². The molecule has 82 heavy (non-hydrogen) atoms. The van der Waals surface area contributed by atoms with Crippen molar-refractivity contribution in [3.63, 3.8) is 0 Å². The van der Waals surface area contributed by atoms with Gasteiger partial charge in [-0.15, -0.1) is 0 Å². The highest BCUT2D eigenvalue weighted by atomic mass is 19.4. The van der Waals surface area contributed by atoms with Crippen molar-refractivity contribution >= 4 is 39.7 Å². The fourth-order valence-corrected chi connectivity index (χ4v) is 8.33. The summed E-state index contributed by atoms with van der Waals surface area (Å²) in [5, 5.41) is 9.01. The van der Waals surface area contributed by atoms with Gasteiger partial charge in [-0.1, -0.05) is 84.9 Å². The summed E-state index contributed by atoms with van der Waals surface area (Å²) in [5.74, 6) is -0.434. The van der Waals surface area contributed by atoms with E-state index in [1.54, 1.807) is 41.2 Å². The molecule has 0 saturated heterocycles. The summed E-state index contributed by atoms with van der Waals surface area (Å²) in [5.41, 5.74) is -29.5. The van der Waals surface area contributed by atoms with Crippen LogP contribution in [0.25, 0.3) is 0 Å². The average Bonchev–Trinajstić information content (AvgIpc) is 2.82. The topological polar surface area (TPSA) is 80.4 Å². The van der Waals surface area contributed by atoms with E-state index in [1.165, 1.54) is 18.3 Å². The molecule has 436 valence electrons. The highest BCUT2D eigenvalue weighted by Crippen LogP contribution is 2.41. The van der Waals surface area contributed by atoms with Gasteiger partial charge in [-0.05, 0) is 42.5 Å². The highest BCUT2D eigenvalue weighted by Gasteiger charge is 2.47. The number of hydrogen-bond acceptors (Lipinski definition) is 4. The standard InChI is InChI=1S/C32H12BF24.C19H14N2O4/c34-25(35,36)13-1-14(26(37,38)39)6-21(5-13)33(22-7-15(27(40,41)42)2-16(8-22)28(43,44)45,23-9-17(29(46,47)48)3-18(10-23)30(49,50)51)24-11-19(31(52,53)54)4-20(12-24)32(55,56)57;22-17(14-5-2-1-3-6-14)12-21-10-9-20-18(13-21)25-16-8-4-7-15(11-16)19(23)24/h1-12H;1-11,13H,12H2/q-1;/p+1. The number of Topliss-reactive ketones (excluding diaryl/α,β-unsaturated/α-hetero) is 1. The molecule has 6 aromatic carbocycles. The lowest BCUT2D eigenvalue weighted by Crippen LogP contribution is -2.75. The van der Waals surface area contributed by atoms with Crippen molar-refractivity contribution in [2.24, 2.45) is 0 Å². The second kappa shape index (κ2) is 22.2. The molecule has 0 saturated carbocycles. The van der Waals surface area contributed by atoms with Crippen molar-refractivity contribution in [2.45, 2.75) is 56.0 Å². The molecule has 7 aromatic rings. The van der Waals surface area contributed by atoms with Crippen molar-refractivity contribution in [3.8, 4) is 11.6 Å². The van der Waals surface area contributed by atoms with Crippen LogP contribution in [-0.4, -0.2) is 28.0 Å². The minimum atomic E-state index is -6.13. The minimum absolute atomic E-state index is 0.0318. The third-order valence-corrected chi connectivity index (χ3v) is 11.9. The van der Waals surface area contributed by atoms with Crippen LogP contribution in [0.4, 0.5) is 105 Å². The molecular weight excluding hydrogens is 1170 g/mol. The molecule has 0 unspecified atom stereocenters. The zero-order valence-corrected chi connectivity index (χ0v) is 39.8. The van der Waals surface area contributed by atoms with Gasteiger partial charge in [-0.2, -0.15) is 132 Å². The van der Waals surface area contributed by atoms with Crippen molar-refractivity contribution in [3.05, 3.63) is 202 Å². The van der Waals surface area contributed by atoms with Gasteiger partial charge in [0.05, 0.1) is 56.3 Å².